The Balaban J connectivity index is 1.54. The summed E-state index contributed by atoms with van der Waals surface area (Å²) in [6, 6.07) is 8.23. The molecule has 0 unspecified atom stereocenters. The van der Waals surface area contributed by atoms with Crippen molar-refractivity contribution >= 4 is 15.7 Å². The monoisotopic (exact) mass is 446 g/mol. The maximum Gasteiger partial charge on any atom is 0.246 e. The van der Waals surface area contributed by atoms with E-state index in [2.05, 4.69) is 4.90 Å². The van der Waals surface area contributed by atoms with E-state index in [1.807, 2.05) is 49.7 Å². The largest absolute Gasteiger partial charge is 0.497 e. The van der Waals surface area contributed by atoms with Crippen molar-refractivity contribution in [2.45, 2.75) is 62.8 Å². The van der Waals surface area contributed by atoms with Crippen molar-refractivity contribution in [3.8, 4) is 5.75 Å². The van der Waals surface area contributed by atoms with Crippen LogP contribution < -0.4 is 9.64 Å². The molecular formula is C23H34N4O3S. The van der Waals surface area contributed by atoms with Gasteiger partial charge >= 0.3 is 0 Å². The van der Waals surface area contributed by atoms with Crippen LogP contribution in [-0.4, -0.2) is 55.8 Å². The van der Waals surface area contributed by atoms with Crippen LogP contribution >= 0.6 is 0 Å². The number of piperazine rings is 1. The first-order valence-corrected chi connectivity index (χ1v) is 12.6. The van der Waals surface area contributed by atoms with Crippen LogP contribution in [0.5, 0.6) is 5.75 Å². The predicted molar refractivity (Wildman–Crippen MR) is 122 cm³/mol. The molecule has 31 heavy (non-hydrogen) atoms. The minimum absolute atomic E-state index is 0.317. The molecular weight excluding hydrogens is 412 g/mol. The van der Waals surface area contributed by atoms with E-state index in [0.29, 0.717) is 42.8 Å². The summed E-state index contributed by atoms with van der Waals surface area (Å²) < 4.78 is 36.1. The summed E-state index contributed by atoms with van der Waals surface area (Å²) in [6.07, 6.45) is 6.31. The highest BCUT2D eigenvalue weighted by molar-refractivity contribution is 7.89. The van der Waals surface area contributed by atoms with Crippen LogP contribution in [0.2, 0.25) is 0 Å². The quantitative estimate of drug-likeness (QED) is 0.699. The van der Waals surface area contributed by atoms with Crippen molar-refractivity contribution in [2.24, 2.45) is 0 Å². The Morgan fingerprint density at radius 3 is 2.16 bits per heavy atom. The first kappa shape index (κ1) is 22.1. The third-order valence-electron chi connectivity index (χ3n) is 6.40. The summed E-state index contributed by atoms with van der Waals surface area (Å²) in [4.78, 5) is 2.60. The van der Waals surface area contributed by atoms with Crippen LogP contribution in [0.25, 0.3) is 0 Å². The molecule has 2 aromatic rings. The van der Waals surface area contributed by atoms with Gasteiger partial charge in [0.15, 0.2) is 0 Å². The van der Waals surface area contributed by atoms with Crippen LogP contribution in [0.3, 0.4) is 0 Å². The van der Waals surface area contributed by atoms with Crippen molar-refractivity contribution in [1.82, 2.24) is 14.1 Å². The Bertz CT molecular complexity index is 994. The van der Waals surface area contributed by atoms with Crippen LogP contribution in [0.4, 0.5) is 5.69 Å². The maximum absolute atomic E-state index is 13.6. The molecule has 0 amide bonds. The smallest absolute Gasteiger partial charge is 0.246 e. The Labute approximate surface area is 186 Å². The third kappa shape index (κ3) is 4.46. The molecule has 1 aromatic heterocycles. The van der Waals surface area contributed by atoms with Gasteiger partial charge in [-0.1, -0.05) is 33.6 Å². The van der Waals surface area contributed by atoms with E-state index >= 15 is 0 Å². The molecule has 0 bridgehead atoms. The second kappa shape index (κ2) is 8.47. The highest BCUT2D eigenvalue weighted by atomic mass is 32.2. The number of aromatic nitrogens is 2. The second-order valence-electron chi connectivity index (χ2n) is 9.60. The molecule has 1 aliphatic heterocycles. The number of sulfonamides is 1. The van der Waals surface area contributed by atoms with E-state index in [4.69, 9.17) is 9.84 Å². The van der Waals surface area contributed by atoms with Gasteiger partial charge in [0.1, 0.15) is 10.6 Å². The average molecular weight is 447 g/mol. The molecule has 0 radical (unpaired) electrons. The molecule has 0 N–H and O–H groups in total. The summed E-state index contributed by atoms with van der Waals surface area (Å²) in [5.41, 5.74) is 1.43. The number of rotatable bonds is 5. The Morgan fingerprint density at radius 1 is 1.00 bits per heavy atom. The first-order chi connectivity index (χ1) is 14.7. The lowest BCUT2D eigenvalue weighted by Gasteiger charge is -2.35. The lowest BCUT2D eigenvalue weighted by Crippen LogP contribution is -2.48. The van der Waals surface area contributed by atoms with Gasteiger partial charge in [-0.15, -0.1) is 0 Å². The van der Waals surface area contributed by atoms with Gasteiger partial charge < -0.3 is 9.64 Å². The second-order valence-corrected chi connectivity index (χ2v) is 11.5. The van der Waals surface area contributed by atoms with Gasteiger partial charge in [0.2, 0.25) is 10.0 Å². The zero-order valence-corrected chi connectivity index (χ0v) is 19.9. The number of ether oxygens (including phenoxy) is 1. The van der Waals surface area contributed by atoms with Crippen molar-refractivity contribution in [3.05, 3.63) is 36.2 Å². The molecule has 0 spiro atoms. The van der Waals surface area contributed by atoms with Crippen molar-refractivity contribution < 1.29 is 13.2 Å². The Kier molecular flexibility index (Phi) is 6.05. The van der Waals surface area contributed by atoms with Gasteiger partial charge in [0, 0.05) is 43.5 Å². The lowest BCUT2D eigenvalue weighted by molar-refractivity contribution is 0.383. The molecule has 1 aliphatic carbocycles. The molecule has 170 valence electrons. The molecule has 0 atom stereocenters. The normalized spacial score (nSPS) is 19.2. The van der Waals surface area contributed by atoms with E-state index in [-0.39, 0.29) is 5.41 Å². The zero-order chi connectivity index (χ0) is 22.2. The summed E-state index contributed by atoms with van der Waals surface area (Å²) in [5.74, 6) is 0.818. The third-order valence-corrected chi connectivity index (χ3v) is 8.30. The number of methoxy groups -OCH3 is 1. The fraction of sp³-hybridized carbons (Fsp3) is 0.609. The maximum atomic E-state index is 13.6. The van der Waals surface area contributed by atoms with Crippen LogP contribution in [0.15, 0.2) is 35.4 Å². The zero-order valence-electron chi connectivity index (χ0n) is 19.0. The molecule has 1 saturated heterocycles. The fourth-order valence-electron chi connectivity index (χ4n) is 4.56. The topological polar surface area (TPSA) is 67.7 Å². The van der Waals surface area contributed by atoms with Gasteiger partial charge in [-0.05, 0) is 37.1 Å². The number of nitrogens with zero attached hydrogens (tertiary/aromatic N) is 4. The minimum Gasteiger partial charge on any atom is -0.497 e. The summed E-state index contributed by atoms with van der Waals surface area (Å²) in [7, 11) is -1.95. The first-order valence-electron chi connectivity index (χ1n) is 11.2. The Morgan fingerprint density at radius 2 is 1.61 bits per heavy atom. The number of benzene rings is 1. The lowest BCUT2D eigenvalue weighted by atomic mass is 9.92. The van der Waals surface area contributed by atoms with Gasteiger partial charge in [-0.2, -0.15) is 9.40 Å². The molecule has 8 heteroatoms. The van der Waals surface area contributed by atoms with E-state index in [9.17, 15) is 8.42 Å². The SMILES string of the molecule is COc1ccc(N2CCN(S(=O)(=O)c3cn(C4CCCC4)nc3C(C)(C)C)CC2)cc1. The van der Waals surface area contributed by atoms with E-state index in [1.165, 1.54) is 12.8 Å². The van der Waals surface area contributed by atoms with E-state index < -0.39 is 10.0 Å². The Hall–Kier alpha value is -2.06. The average Bonchev–Trinajstić information content (AvgIpc) is 3.44. The van der Waals surface area contributed by atoms with Crippen molar-refractivity contribution in [2.75, 3.05) is 38.2 Å². The molecule has 2 aliphatic rings. The van der Waals surface area contributed by atoms with Gasteiger partial charge in [0.05, 0.1) is 18.8 Å². The molecule has 7 nitrogen and oxygen atoms in total. The molecule has 4 rings (SSSR count). The number of hydrogen-bond acceptors (Lipinski definition) is 5. The van der Waals surface area contributed by atoms with Crippen molar-refractivity contribution in [1.29, 1.82) is 0 Å². The summed E-state index contributed by atoms with van der Waals surface area (Å²) in [5, 5.41) is 4.79. The fourth-order valence-corrected chi connectivity index (χ4v) is 6.31. The van der Waals surface area contributed by atoms with Gasteiger partial charge in [-0.3, -0.25) is 4.68 Å². The van der Waals surface area contributed by atoms with Gasteiger partial charge in [0.25, 0.3) is 0 Å². The molecule has 2 heterocycles. The highest BCUT2D eigenvalue weighted by Gasteiger charge is 2.36. The summed E-state index contributed by atoms with van der Waals surface area (Å²) in [6.45, 7) is 8.36. The highest BCUT2D eigenvalue weighted by Crippen LogP contribution is 2.35. The number of hydrogen-bond donors (Lipinski definition) is 0. The predicted octanol–water partition coefficient (Wildman–Crippen LogP) is 3.82. The number of anilines is 1. The summed E-state index contributed by atoms with van der Waals surface area (Å²) >= 11 is 0. The molecule has 1 aromatic carbocycles. The van der Waals surface area contributed by atoms with Crippen LogP contribution in [-0.2, 0) is 15.4 Å². The molecule has 2 fully saturated rings. The minimum atomic E-state index is -3.60. The van der Waals surface area contributed by atoms with Crippen LogP contribution in [0, 0.1) is 0 Å². The van der Waals surface area contributed by atoms with Crippen molar-refractivity contribution in [3.63, 3.8) is 0 Å². The van der Waals surface area contributed by atoms with E-state index in [0.717, 1.165) is 24.3 Å². The van der Waals surface area contributed by atoms with Crippen LogP contribution in [0.1, 0.15) is 58.2 Å². The molecule has 1 saturated carbocycles. The van der Waals surface area contributed by atoms with E-state index in [1.54, 1.807) is 17.6 Å². The standard InChI is InChI=1S/C23H34N4O3S/c1-23(2,3)22-21(17-27(24-22)19-7-5-6-8-19)31(28,29)26-15-13-25(14-16-26)18-9-11-20(30-4)12-10-18/h9-12,17,19H,5-8,13-16H2,1-4H3. The van der Waals surface area contributed by atoms with Gasteiger partial charge in [-0.25, -0.2) is 8.42 Å².